The molecule has 0 bridgehead atoms. The molecule has 1 atom stereocenters. The van der Waals surface area contributed by atoms with Crippen LogP contribution in [0.4, 0.5) is 5.82 Å². The summed E-state index contributed by atoms with van der Waals surface area (Å²) in [5.74, 6) is -0.377. The van der Waals surface area contributed by atoms with Crippen molar-refractivity contribution in [2.75, 3.05) is 25.4 Å². The molecular formula is C18H20N4O3. The van der Waals surface area contributed by atoms with E-state index in [9.17, 15) is 9.59 Å². The smallest absolute Gasteiger partial charge is 0.343 e. The minimum atomic E-state index is -0.562. The Morgan fingerprint density at radius 2 is 2.12 bits per heavy atom. The summed E-state index contributed by atoms with van der Waals surface area (Å²) in [5, 5.41) is 0. The van der Waals surface area contributed by atoms with Crippen molar-refractivity contribution in [3.8, 4) is 0 Å². The van der Waals surface area contributed by atoms with Crippen molar-refractivity contribution < 1.29 is 14.3 Å². The number of esters is 1. The highest BCUT2D eigenvalue weighted by molar-refractivity contribution is 5.93. The summed E-state index contributed by atoms with van der Waals surface area (Å²) in [5.41, 5.74) is 6.97. The normalized spacial score (nSPS) is 16.9. The number of anilines is 1. The van der Waals surface area contributed by atoms with Crippen molar-refractivity contribution in [3.63, 3.8) is 0 Å². The average Bonchev–Trinajstić information content (AvgIpc) is 2.99. The summed E-state index contributed by atoms with van der Waals surface area (Å²) in [6, 6.07) is 10.0. The van der Waals surface area contributed by atoms with E-state index in [0.717, 1.165) is 6.42 Å². The number of nitrogens with zero attached hydrogens (tertiary/aromatic N) is 3. The number of benzene rings is 1. The zero-order chi connectivity index (χ0) is 17.6. The van der Waals surface area contributed by atoms with E-state index in [0.29, 0.717) is 19.5 Å². The van der Waals surface area contributed by atoms with Gasteiger partial charge in [0.2, 0.25) is 5.91 Å². The van der Waals surface area contributed by atoms with Crippen LogP contribution in [0.1, 0.15) is 22.3 Å². The van der Waals surface area contributed by atoms with E-state index in [-0.39, 0.29) is 29.8 Å². The molecule has 2 N–H and O–H groups in total. The Morgan fingerprint density at radius 1 is 1.32 bits per heavy atom. The minimum absolute atomic E-state index is 0.00178. The largest absolute Gasteiger partial charge is 0.462 e. The van der Waals surface area contributed by atoms with E-state index in [1.165, 1.54) is 18.1 Å². The third-order valence-corrected chi connectivity index (χ3v) is 4.22. The van der Waals surface area contributed by atoms with Gasteiger partial charge in [-0.3, -0.25) is 4.79 Å². The first kappa shape index (κ1) is 16.9. The second-order valence-electron chi connectivity index (χ2n) is 6.07. The molecule has 2 aromatic rings. The van der Waals surface area contributed by atoms with E-state index in [2.05, 4.69) is 9.97 Å². The number of ether oxygens (including phenoxy) is 1. The maximum Gasteiger partial charge on any atom is 0.343 e. The quantitative estimate of drug-likeness (QED) is 0.796. The van der Waals surface area contributed by atoms with E-state index >= 15 is 0 Å². The van der Waals surface area contributed by atoms with Gasteiger partial charge in [0.25, 0.3) is 0 Å². The summed E-state index contributed by atoms with van der Waals surface area (Å²) < 4.78 is 5.27. The van der Waals surface area contributed by atoms with Gasteiger partial charge in [0.15, 0.2) is 0 Å². The maximum absolute atomic E-state index is 12.1. The van der Waals surface area contributed by atoms with Crippen LogP contribution in [0.5, 0.6) is 0 Å². The molecule has 1 aliphatic heterocycles. The highest BCUT2D eigenvalue weighted by atomic mass is 16.5. The number of hydrogen-bond acceptors (Lipinski definition) is 6. The van der Waals surface area contributed by atoms with E-state index in [4.69, 9.17) is 10.5 Å². The van der Waals surface area contributed by atoms with Gasteiger partial charge in [0, 0.05) is 31.6 Å². The van der Waals surface area contributed by atoms with E-state index < -0.39 is 5.97 Å². The number of amides is 1. The van der Waals surface area contributed by atoms with Crippen molar-refractivity contribution in [1.82, 2.24) is 14.9 Å². The van der Waals surface area contributed by atoms with Crippen LogP contribution in [-0.2, 0) is 16.0 Å². The number of nitrogen functional groups attached to an aromatic ring is 1. The van der Waals surface area contributed by atoms with Crippen LogP contribution in [0, 0.1) is 5.92 Å². The molecule has 1 fully saturated rings. The molecular weight excluding hydrogens is 320 g/mol. The standard InChI is InChI=1S/C18H20N4O3/c19-17-15(9-20-12-21-17)18(24)25-11-14-8-16(23)22(10-14)7-6-13-4-2-1-3-5-13/h1-5,9,12,14H,6-8,10-11H2,(H2,19,20,21). The summed E-state index contributed by atoms with van der Waals surface area (Å²) in [7, 11) is 0. The van der Waals surface area contributed by atoms with Crippen LogP contribution in [0.15, 0.2) is 42.9 Å². The third kappa shape index (κ3) is 4.32. The molecule has 0 radical (unpaired) electrons. The molecule has 1 unspecified atom stereocenters. The molecule has 2 heterocycles. The first-order valence-corrected chi connectivity index (χ1v) is 8.18. The van der Waals surface area contributed by atoms with Crippen LogP contribution < -0.4 is 5.73 Å². The Labute approximate surface area is 145 Å². The molecule has 0 saturated carbocycles. The SMILES string of the molecule is Nc1ncncc1C(=O)OCC1CC(=O)N(CCc2ccccc2)C1. The number of rotatable bonds is 6. The monoisotopic (exact) mass is 340 g/mol. The topological polar surface area (TPSA) is 98.4 Å². The lowest BCUT2D eigenvalue weighted by Crippen LogP contribution is -2.28. The molecule has 1 aromatic carbocycles. The van der Waals surface area contributed by atoms with Crippen LogP contribution >= 0.6 is 0 Å². The van der Waals surface area contributed by atoms with Crippen molar-refractivity contribution in [2.24, 2.45) is 5.92 Å². The van der Waals surface area contributed by atoms with Crippen molar-refractivity contribution >= 4 is 17.7 Å². The second kappa shape index (κ2) is 7.74. The Balaban J connectivity index is 1.48. The Morgan fingerprint density at radius 3 is 2.88 bits per heavy atom. The fourth-order valence-corrected chi connectivity index (χ4v) is 2.86. The molecule has 7 heteroatoms. The number of nitrogens with two attached hydrogens (primary N) is 1. The van der Waals surface area contributed by atoms with Gasteiger partial charge in [-0.2, -0.15) is 0 Å². The summed E-state index contributed by atoms with van der Waals surface area (Å²) >= 11 is 0. The average molecular weight is 340 g/mol. The van der Waals surface area contributed by atoms with Crippen LogP contribution in [0.3, 0.4) is 0 Å². The highest BCUT2D eigenvalue weighted by Gasteiger charge is 2.30. The van der Waals surface area contributed by atoms with Crippen LogP contribution in [0.25, 0.3) is 0 Å². The van der Waals surface area contributed by atoms with Gasteiger partial charge in [-0.25, -0.2) is 14.8 Å². The molecule has 130 valence electrons. The number of carbonyl (C=O) groups is 2. The molecule has 3 rings (SSSR count). The lowest BCUT2D eigenvalue weighted by molar-refractivity contribution is -0.127. The Hall–Kier alpha value is -2.96. The fraction of sp³-hybridized carbons (Fsp3) is 0.333. The molecule has 1 amide bonds. The van der Waals surface area contributed by atoms with Gasteiger partial charge >= 0.3 is 5.97 Å². The van der Waals surface area contributed by atoms with Gasteiger partial charge in [-0.05, 0) is 12.0 Å². The second-order valence-corrected chi connectivity index (χ2v) is 6.07. The molecule has 7 nitrogen and oxygen atoms in total. The van der Waals surface area contributed by atoms with Gasteiger partial charge < -0.3 is 15.4 Å². The van der Waals surface area contributed by atoms with Gasteiger partial charge in [-0.1, -0.05) is 30.3 Å². The van der Waals surface area contributed by atoms with E-state index in [1.807, 2.05) is 35.2 Å². The van der Waals surface area contributed by atoms with E-state index in [1.54, 1.807) is 0 Å². The zero-order valence-electron chi connectivity index (χ0n) is 13.8. The fourth-order valence-electron chi connectivity index (χ4n) is 2.86. The number of likely N-dealkylation sites (tertiary alicyclic amines) is 1. The lowest BCUT2D eigenvalue weighted by atomic mass is 10.1. The molecule has 1 aromatic heterocycles. The molecule has 0 aliphatic carbocycles. The number of hydrogen-bond donors (Lipinski definition) is 1. The predicted molar refractivity (Wildman–Crippen MR) is 91.6 cm³/mol. The van der Waals surface area contributed by atoms with Crippen molar-refractivity contribution in [1.29, 1.82) is 0 Å². The van der Waals surface area contributed by atoms with Gasteiger partial charge in [0.05, 0.1) is 6.61 Å². The Kier molecular flexibility index (Phi) is 5.23. The summed E-state index contributed by atoms with van der Waals surface area (Å²) in [4.78, 5) is 33.5. The first-order chi connectivity index (χ1) is 12.1. The first-order valence-electron chi connectivity index (χ1n) is 8.18. The van der Waals surface area contributed by atoms with Crippen LogP contribution in [0.2, 0.25) is 0 Å². The van der Waals surface area contributed by atoms with Gasteiger partial charge in [0.1, 0.15) is 17.7 Å². The third-order valence-electron chi connectivity index (χ3n) is 4.22. The predicted octanol–water partition coefficient (Wildman–Crippen LogP) is 1.31. The molecule has 25 heavy (non-hydrogen) atoms. The maximum atomic E-state index is 12.1. The minimum Gasteiger partial charge on any atom is -0.462 e. The number of aromatic nitrogens is 2. The van der Waals surface area contributed by atoms with Crippen LogP contribution in [-0.4, -0.2) is 46.4 Å². The summed E-state index contributed by atoms with van der Waals surface area (Å²) in [6.45, 7) is 1.45. The summed E-state index contributed by atoms with van der Waals surface area (Å²) in [6.07, 6.45) is 3.81. The lowest BCUT2D eigenvalue weighted by Gasteiger charge is -2.16. The Bertz CT molecular complexity index is 751. The molecule has 0 spiro atoms. The molecule has 1 saturated heterocycles. The highest BCUT2D eigenvalue weighted by Crippen LogP contribution is 2.19. The van der Waals surface area contributed by atoms with Gasteiger partial charge in [-0.15, -0.1) is 0 Å². The number of carbonyl (C=O) groups excluding carboxylic acids is 2. The zero-order valence-corrected chi connectivity index (χ0v) is 13.8. The van der Waals surface area contributed by atoms with Crippen molar-refractivity contribution in [2.45, 2.75) is 12.8 Å². The molecule has 1 aliphatic rings. The van der Waals surface area contributed by atoms with Crippen molar-refractivity contribution in [3.05, 3.63) is 54.0 Å².